The normalized spacial score (nSPS) is 10.3. The highest BCUT2D eigenvalue weighted by molar-refractivity contribution is 6.02. The Labute approximate surface area is 135 Å². The molecule has 0 aliphatic heterocycles. The Bertz CT molecular complexity index is 672. The number of carbonyl (C=O) groups is 1. The minimum absolute atomic E-state index is 0.231. The van der Waals surface area contributed by atoms with Crippen molar-refractivity contribution in [1.82, 2.24) is 10.2 Å². The van der Waals surface area contributed by atoms with E-state index in [0.29, 0.717) is 23.0 Å². The lowest BCUT2D eigenvalue weighted by Gasteiger charge is -2.11. The quantitative estimate of drug-likeness (QED) is 0.852. The topological polar surface area (TPSA) is 85.4 Å². The molecule has 2 N–H and O–H groups in total. The van der Waals surface area contributed by atoms with Crippen LogP contribution in [0.5, 0.6) is 11.5 Å². The van der Waals surface area contributed by atoms with Crippen molar-refractivity contribution in [3.8, 4) is 11.5 Å². The van der Waals surface area contributed by atoms with E-state index in [4.69, 9.17) is 9.47 Å². The maximum atomic E-state index is 12.2. The second-order valence-electron chi connectivity index (χ2n) is 5.13. The predicted molar refractivity (Wildman–Crippen MR) is 88.3 cm³/mol. The van der Waals surface area contributed by atoms with Crippen molar-refractivity contribution in [2.45, 2.75) is 19.9 Å². The van der Waals surface area contributed by atoms with Crippen LogP contribution in [0.3, 0.4) is 0 Å². The highest BCUT2D eigenvalue weighted by Crippen LogP contribution is 2.29. The van der Waals surface area contributed by atoms with Gasteiger partial charge in [0.25, 0.3) is 5.91 Å². The first kappa shape index (κ1) is 16.5. The van der Waals surface area contributed by atoms with Crippen LogP contribution in [0.15, 0.2) is 30.3 Å². The molecule has 0 radical (unpaired) electrons. The fourth-order valence-corrected chi connectivity index (χ4v) is 1.94. The Balaban J connectivity index is 2.09. The number of amides is 1. The molecule has 0 aliphatic carbocycles. The number of hydrogen-bond donors (Lipinski definition) is 2. The predicted octanol–water partition coefficient (Wildman–Crippen LogP) is 2.57. The van der Waals surface area contributed by atoms with Gasteiger partial charge in [-0.15, -0.1) is 10.2 Å². The summed E-state index contributed by atoms with van der Waals surface area (Å²) in [7, 11) is 3.09. The van der Waals surface area contributed by atoms with Crippen LogP contribution in [-0.4, -0.2) is 36.4 Å². The van der Waals surface area contributed by atoms with E-state index in [0.717, 1.165) is 0 Å². The van der Waals surface area contributed by atoms with Crippen LogP contribution in [0, 0.1) is 0 Å². The van der Waals surface area contributed by atoms with Gasteiger partial charge in [-0.25, -0.2) is 0 Å². The number of rotatable bonds is 6. The third-order valence-electron chi connectivity index (χ3n) is 2.98. The summed E-state index contributed by atoms with van der Waals surface area (Å²) in [6, 6.07) is 8.70. The summed E-state index contributed by atoms with van der Waals surface area (Å²) in [6.07, 6.45) is 0. The summed E-state index contributed by atoms with van der Waals surface area (Å²) < 4.78 is 10.4. The largest absolute Gasteiger partial charge is 0.493 e. The number of anilines is 2. The number of benzene rings is 1. The number of methoxy groups -OCH3 is 2. The van der Waals surface area contributed by atoms with Crippen molar-refractivity contribution in [2.75, 3.05) is 24.9 Å². The molecule has 1 aromatic heterocycles. The fourth-order valence-electron chi connectivity index (χ4n) is 1.94. The second-order valence-corrected chi connectivity index (χ2v) is 5.13. The van der Waals surface area contributed by atoms with E-state index in [1.807, 2.05) is 13.8 Å². The van der Waals surface area contributed by atoms with Gasteiger partial charge in [0.15, 0.2) is 17.2 Å². The van der Waals surface area contributed by atoms with Crippen molar-refractivity contribution in [3.05, 3.63) is 36.0 Å². The summed E-state index contributed by atoms with van der Waals surface area (Å²) in [4.78, 5) is 12.2. The first-order valence-electron chi connectivity index (χ1n) is 7.17. The first-order valence-corrected chi connectivity index (χ1v) is 7.17. The molecule has 1 aromatic carbocycles. The van der Waals surface area contributed by atoms with Crippen LogP contribution in [0.4, 0.5) is 11.5 Å². The molecule has 7 heteroatoms. The van der Waals surface area contributed by atoms with Crippen molar-refractivity contribution in [2.24, 2.45) is 0 Å². The average molecular weight is 316 g/mol. The molecule has 7 nitrogen and oxygen atoms in total. The molecule has 2 aromatic rings. The lowest BCUT2D eigenvalue weighted by atomic mass is 10.2. The zero-order valence-corrected chi connectivity index (χ0v) is 13.6. The maximum Gasteiger partial charge on any atom is 0.276 e. The molecule has 0 bridgehead atoms. The van der Waals surface area contributed by atoms with Crippen LogP contribution >= 0.6 is 0 Å². The Morgan fingerprint density at radius 3 is 2.35 bits per heavy atom. The summed E-state index contributed by atoms with van der Waals surface area (Å²) in [6.45, 7) is 4.00. The Kier molecular flexibility index (Phi) is 5.35. The lowest BCUT2D eigenvalue weighted by molar-refractivity contribution is 0.102. The maximum absolute atomic E-state index is 12.2. The van der Waals surface area contributed by atoms with Gasteiger partial charge in [0.2, 0.25) is 0 Å². The molecule has 1 amide bonds. The minimum atomic E-state index is -0.346. The molecule has 2 rings (SSSR count). The number of nitrogens with one attached hydrogen (secondary N) is 2. The number of carbonyl (C=O) groups excluding carboxylic acids is 1. The highest BCUT2D eigenvalue weighted by atomic mass is 16.5. The Hall–Kier alpha value is -2.83. The Morgan fingerprint density at radius 1 is 1.04 bits per heavy atom. The standard InChI is InChI=1S/C16H20N4O3/c1-10(2)17-15-8-6-12(19-20-15)16(21)18-11-5-7-13(22-3)14(9-11)23-4/h5-10H,1-4H3,(H,17,20)(H,18,21). The van der Waals surface area contributed by atoms with Crippen LogP contribution in [-0.2, 0) is 0 Å². The van der Waals surface area contributed by atoms with Crippen molar-refractivity contribution < 1.29 is 14.3 Å². The third kappa shape index (κ3) is 4.32. The fraction of sp³-hybridized carbons (Fsp3) is 0.312. The van der Waals surface area contributed by atoms with Gasteiger partial charge in [0.05, 0.1) is 14.2 Å². The molecule has 0 atom stereocenters. The first-order chi connectivity index (χ1) is 11.0. The van der Waals surface area contributed by atoms with Gasteiger partial charge < -0.3 is 20.1 Å². The molecule has 0 saturated heterocycles. The van der Waals surface area contributed by atoms with E-state index in [2.05, 4.69) is 20.8 Å². The van der Waals surface area contributed by atoms with Gasteiger partial charge in [0.1, 0.15) is 5.82 Å². The summed E-state index contributed by atoms with van der Waals surface area (Å²) in [5.74, 6) is 1.41. The summed E-state index contributed by atoms with van der Waals surface area (Å²) in [5.41, 5.74) is 0.813. The van der Waals surface area contributed by atoms with Crippen molar-refractivity contribution in [3.63, 3.8) is 0 Å². The van der Waals surface area contributed by atoms with E-state index in [9.17, 15) is 4.79 Å². The monoisotopic (exact) mass is 316 g/mol. The van der Waals surface area contributed by atoms with Gasteiger partial charge in [-0.2, -0.15) is 0 Å². The number of nitrogens with zero attached hydrogens (tertiary/aromatic N) is 2. The molecule has 0 aliphatic rings. The molecule has 0 spiro atoms. The van der Waals surface area contributed by atoms with Crippen LogP contribution in [0.1, 0.15) is 24.3 Å². The molecule has 1 heterocycles. The lowest BCUT2D eigenvalue weighted by Crippen LogP contribution is -2.16. The second kappa shape index (κ2) is 7.44. The summed E-state index contributed by atoms with van der Waals surface area (Å²) in [5, 5.41) is 13.8. The van der Waals surface area contributed by atoms with Gasteiger partial charge in [-0.05, 0) is 38.1 Å². The average Bonchev–Trinajstić information content (AvgIpc) is 2.54. The molecular formula is C16H20N4O3. The number of ether oxygens (including phenoxy) is 2. The van der Waals surface area contributed by atoms with E-state index in [1.54, 1.807) is 37.4 Å². The zero-order valence-electron chi connectivity index (χ0n) is 13.6. The van der Waals surface area contributed by atoms with Crippen molar-refractivity contribution >= 4 is 17.4 Å². The smallest absolute Gasteiger partial charge is 0.276 e. The number of aromatic nitrogens is 2. The van der Waals surface area contributed by atoms with E-state index in [-0.39, 0.29) is 17.6 Å². The Morgan fingerprint density at radius 2 is 1.78 bits per heavy atom. The minimum Gasteiger partial charge on any atom is -0.493 e. The molecule has 23 heavy (non-hydrogen) atoms. The van der Waals surface area contributed by atoms with Gasteiger partial charge in [-0.3, -0.25) is 4.79 Å². The zero-order chi connectivity index (χ0) is 16.8. The van der Waals surface area contributed by atoms with E-state index < -0.39 is 0 Å². The SMILES string of the molecule is COc1ccc(NC(=O)c2ccc(NC(C)C)nn2)cc1OC. The molecular weight excluding hydrogens is 296 g/mol. The van der Waals surface area contributed by atoms with Crippen LogP contribution in [0.2, 0.25) is 0 Å². The molecule has 0 saturated carbocycles. The van der Waals surface area contributed by atoms with E-state index in [1.165, 1.54) is 7.11 Å². The van der Waals surface area contributed by atoms with E-state index >= 15 is 0 Å². The third-order valence-corrected chi connectivity index (χ3v) is 2.98. The van der Waals surface area contributed by atoms with Crippen LogP contribution < -0.4 is 20.1 Å². The summed E-state index contributed by atoms with van der Waals surface area (Å²) >= 11 is 0. The molecule has 122 valence electrons. The number of hydrogen-bond acceptors (Lipinski definition) is 6. The van der Waals surface area contributed by atoms with Gasteiger partial charge in [0, 0.05) is 17.8 Å². The highest BCUT2D eigenvalue weighted by Gasteiger charge is 2.11. The van der Waals surface area contributed by atoms with Gasteiger partial charge >= 0.3 is 0 Å². The van der Waals surface area contributed by atoms with Crippen LogP contribution in [0.25, 0.3) is 0 Å². The molecule has 0 unspecified atom stereocenters. The van der Waals surface area contributed by atoms with Crippen molar-refractivity contribution in [1.29, 1.82) is 0 Å². The molecule has 0 fully saturated rings. The van der Waals surface area contributed by atoms with Gasteiger partial charge in [-0.1, -0.05) is 0 Å².